The number of furan rings is 1. The number of fused-ring (bicyclic) bond motifs is 7. The number of para-hydroxylation sites is 2. The summed E-state index contributed by atoms with van der Waals surface area (Å²) in [6, 6.07) is 29.9. The number of aryl methyl sites for hydroxylation is 1. The van der Waals surface area contributed by atoms with E-state index in [0.717, 1.165) is 16.9 Å². The van der Waals surface area contributed by atoms with Gasteiger partial charge in [0.15, 0.2) is 0 Å². The van der Waals surface area contributed by atoms with Crippen LogP contribution in [-0.4, -0.2) is 4.57 Å². The van der Waals surface area contributed by atoms with E-state index in [2.05, 4.69) is 96.4 Å². The summed E-state index contributed by atoms with van der Waals surface area (Å²) in [4.78, 5) is 0. The maximum atomic E-state index is 6.36. The highest BCUT2D eigenvalue weighted by Gasteiger charge is 2.18. The first-order valence-corrected chi connectivity index (χ1v) is 9.22. The molecule has 0 saturated heterocycles. The third kappa shape index (κ3) is 1.95. The molecule has 0 fully saturated rings. The molecule has 0 radical (unpaired) electrons. The second-order valence-electron chi connectivity index (χ2n) is 7.13. The van der Waals surface area contributed by atoms with Crippen molar-refractivity contribution >= 4 is 43.7 Å². The van der Waals surface area contributed by atoms with Crippen molar-refractivity contribution in [3.63, 3.8) is 0 Å². The Labute approximate surface area is 156 Å². The van der Waals surface area contributed by atoms with Gasteiger partial charge in [0.1, 0.15) is 11.2 Å². The molecule has 0 atom stereocenters. The Balaban J connectivity index is 1.87. The number of nitrogens with zero attached hydrogens (tertiary/aromatic N) is 1. The maximum Gasteiger partial charge on any atom is 0.145 e. The predicted octanol–water partition coefficient (Wildman–Crippen LogP) is 6.99. The Morgan fingerprint density at radius 2 is 1.48 bits per heavy atom. The fourth-order valence-electron chi connectivity index (χ4n) is 4.26. The van der Waals surface area contributed by atoms with Crippen molar-refractivity contribution in [3.8, 4) is 5.69 Å². The number of hydrogen-bond donors (Lipinski definition) is 0. The maximum absolute atomic E-state index is 6.36. The van der Waals surface area contributed by atoms with E-state index in [1.807, 2.05) is 0 Å². The van der Waals surface area contributed by atoms with Gasteiger partial charge in [0.05, 0.1) is 16.4 Å². The summed E-state index contributed by atoms with van der Waals surface area (Å²) in [5.74, 6) is 0. The highest BCUT2D eigenvalue weighted by molar-refractivity contribution is 6.23. The summed E-state index contributed by atoms with van der Waals surface area (Å²) in [5, 5.41) is 4.76. The van der Waals surface area contributed by atoms with E-state index in [-0.39, 0.29) is 0 Å². The lowest BCUT2D eigenvalue weighted by molar-refractivity contribution is 0.673. The van der Waals surface area contributed by atoms with E-state index in [4.69, 9.17) is 4.42 Å². The molecule has 0 aliphatic heterocycles. The van der Waals surface area contributed by atoms with Crippen molar-refractivity contribution in [3.05, 3.63) is 90.5 Å². The molecule has 4 aromatic carbocycles. The lowest BCUT2D eigenvalue weighted by Gasteiger charge is -2.07. The highest BCUT2D eigenvalue weighted by Crippen LogP contribution is 2.40. The second-order valence-corrected chi connectivity index (χ2v) is 7.13. The van der Waals surface area contributed by atoms with Gasteiger partial charge >= 0.3 is 0 Å². The average Bonchev–Trinajstić information content (AvgIpc) is 3.23. The SMILES string of the molecule is Cc1ccc2oc3c(ccc4c3c3ccccc3n4-c3ccccc3)c2c1. The van der Waals surface area contributed by atoms with E-state index in [9.17, 15) is 0 Å². The molecule has 2 nitrogen and oxygen atoms in total. The van der Waals surface area contributed by atoms with E-state index < -0.39 is 0 Å². The molecule has 2 heterocycles. The summed E-state index contributed by atoms with van der Waals surface area (Å²) in [7, 11) is 0. The van der Waals surface area contributed by atoms with E-state index in [1.54, 1.807) is 0 Å². The van der Waals surface area contributed by atoms with Crippen LogP contribution in [0.5, 0.6) is 0 Å². The third-order valence-electron chi connectivity index (χ3n) is 5.44. The van der Waals surface area contributed by atoms with Crippen molar-refractivity contribution < 1.29 is 4.42 Å². The molecule has 0 aliphatic carbocycles. The van der Waals surface area contributed by atoms with Crippen LogP contribution in [0.1, 0.15) is 5.56 Å². The third-order valence-corrected chi connectivity index (χ3v) is 5.44. The van der Waals surface area contributed by atoms with Crippen LogP contribution in [0.3, 0.4) is 0 Å². The van der Waals surface area contributed by atoms with Gasteiger partial charge in [0.2, 0.25) is 0 Å². The van der Waals surface area contributed by atoms with Gasteiger partial charge in [-0.15, -0.1) is 0 Å². The molecule has 0 unspecified atom stereocenters. The minimum atomic E-state index is 0.944. The first-order chi connectivity index (χ1) is 13.3. The number of benzene rings is 4. The van der Waals surface area contributed by atoms with Crippen LogP contribution in [0.4, 0.5) is 0 Å². The van der Waals surface area contributed by atoms with Crippen LogP contribution < -0.4 is 0 Å². The van der Waals surface area contributed by atoms with Crippen LogP contribution in [0.15, 0.2) is 89.3 Å². The molecule has 128 valence electrons. The molecule has 2 heteroatoms. The van der Waals surface area contributed by atoms with Crippen molar-refractivity contribution in [2.75, 3.05) is 0 Å². The first kappa shape index (κ1) is 14.6. The molecule has 0 N–H and O–H groups in total. The summed E-state index contributed by atoms with van der Waals surface area (Å²) >= 11 is 0. The van der Waals surface area contributed by atoms with Gasteiger partial charge in [-0.3, -0.25) is 0 Å². The number of hydrogen-bond acceptors (Lipinski definition) is 1. The number of aromatic nitrogens is 1. The smallest absolute Gasteiger partial charge is 0.145 e. The van der Waals surface area contributed by atoms with E-state index in [0.29, 0.717) is 0 Å². The summed E-state index contributed by atoms with van der Waals surface area (Å²) < 4.78 is 8.69. The Bertz CT molecular complexity index is 1470. The van der Waals surface area contributed by atoms with Crippen LogP contribution in [0.2, 0.25) is 0 Å². The second kappa shape index (κ2) is 5.24. The molecule has 0 bridgehead atoms. The largest absolute Gasteiger partial charge is 0.455 e. The van der Waals surface area contributed by atoms with Gasteiger partial charge in [-0.1, -0.05) is 48.0 Å². The number of rotatable bonds is 1. The fourth-order valence-corrected chi connectivity index (χ4v) is 4.26. The first-order valence-electron chi connectivity index (χ1n) is 9.22. The van der Waals surface area contributed by atoms with Crippen molar-refractivity contribution in [2.45, 2.75) is 6.92 Å². The Hall–Kier alpha value is -3.52. The van der Waals surface area contributed by atoms with Gasteiger partial charge in [0.25, 0.3) is 0 Å². The molecule has 6 aromatic rings. The molecule has 0 aliphatic rings. The normalized spacial score (nSPS) is 11.9. The lowest BCUT2D eigenvalue weighted by Crippen LogP contribution is -1.92. The van der Waals surface area contributed by atoms with E-state index >= 15 is 0 Å². The predicted molar refractivity (Wildman–Crippen MR) is 113 cm³/mol. The Morgan fingerprint density at radius 1 is 0.667 bits per heavy atom. The van der Waals surface area contributed by atoms with Crippen LogP contribution in [0, 0.1) is 6.92 Å². The molecule has 27 heavy (non-hydrogen) atoms. The Morgan fingerprint density at radius 3 is 2.37 bits per heavy atom. The molecule has 0 spiro atoms. The van der Waals surface area contributed by atoms with Gasteiger partial charge in [-0.25, -0.2) is 0 Å². The molecule has 0 saturated carbocycles. The summed E-state index contributed by atoms with van der Waals surface area (Å²) in [5.41, 5.74) is 6.69. The molecular formula is C25H17NO. The van der Waals surface area contributed by atoms with Crippen LogP contribution in [-0.2, 0) is 0 Å². The van der Waals surface area contributed by atoms with Crippen molar-refractivity contribution in [2.24, 2.45) is 0 Å². The quantitative estimate of drug-likeness (QED) is 0.313. The zero-order valence-electron chi connectivity index (χ0n) is 14.9. The molecule has 2 aromatic heterocycles. The van der Waals surface area contributed by atoms with Gasteiger partial charge in [-0.05, 0) is 49.4 Å². The summed E-state index contributed by atoms with van der Waals surface area (Å²) in [6.07, 6.45) is 0. The van der Waals surface area contributed by atoms with Gasteiger partial charge in [-0.2, -0.15) is 0 Å². The van der Waals surface area contributed by atoms with Crippen molar-refractivity contribution in [1.29, 1.82) is 0 Å². The summed E-state index contributed by atoms with van der Waals surface area (Å²) in [6.45, 7) is 2.12. The zero-order valence-corrected chi connectivity index (χ0v) is 14.9. The van der Waals surface area contributed by atoms with Crippen LogP contribution >= 0.6 is 0 Å². The Kier molecular flexibility index (Phi) is 2.84. The molecule has 6 rings (SSSR count). The lowest BCUT2D eigenvalue weighted by atomic mass is 10.1. The monoisotopic (exact) mass is 347 g/mol. The van der Waals surface area contributed by atoms with Crippen LogP contribution in [0.25, 0.3) is 49.4 Å². The minimum absolute atomic E-state index is 0.944. The standard InChI is InChI=1S/C25H17NO/c1-16-11-14-23-20(15-16)18-12-13-22-24(25(18)27-23)19-9-5-6-10-21(19)26(22)17-7-3-2-4-8-17/h2-15H,1H3. The topological polar surface area (TPSA) is 18.1 Å². The van der Waals surface area contributed by atoms with Gasteiger partial charge < -0.3 is 8.98 Å². The van der Waals surface area contributed by atoms with Crippen molar-refractivity contribution in [1.82, 2.24) is 4.57 Å². The average molecular weight is 347 g/mol. The van der Waals surface area contributed by atoms with E-state index in [1.165, 1.54) is 38.1 Å². The zero-order chi connectivity index (χ0) is 18.0. The minimum Gasteiger partial charge on any atom is -0.455 e. The highest BCUT2D eigenvalue weighted by atomic mass is 16.3. The van der Waals surface area contributed by atoms with Gasteiger partial charge in [0, 0.05) is 21.8 Å². The fraction of sp³-hybridized carbons (Fsp3) is 0.0400. The molecule has 0 amide bonds. The molecular weight excluding hydrogens is 330 g/mol.